The lowest BCUT2D eigenvalue weighted by Crippen LogP contribution is -2.27. The number of hydrogen-bond donors (Lipinski definition) is 1. The maximum atomic E-state index is 10.4. The van der Waals surface area contributed by atoms with Crippen molar-refractivity contribution >= 4 is 0 Å². The van der Waals surface area contributed by atoms with Crippen molar-refractivity contribution in [3.8, 4) is 0 Å². The van der Waals surface area contributed by atoms with Gasteiger partial charge >= 0.3 is 0 Å². The molecule has 2 heteroatoms. The van der Waals surface area contributed by atoms with E-state index in [4.69, 9.17) is 4.74 Å². The van der Waals surface area contributed by atoms with Crippen molar-refractivity contribution in [1.29, 1.82) is 0 Å². The number of aliphatic hydroxyl groups excluding tert-OH is 1. The fourth-order valence-corrected chi connectivity index (χ4v) is 2.66. The minimum absolute atomic E-state index is 0.102. The minimum Gasteiger partial charge on any atom is -0.386 e. The van der Waals surface area contributed by atoms with E-state index in [9.17, 15) is 5.11 Å². The van der Waals surface area contributed by atoms with Crippen LogP contribution in [0.15, 0.2) is 54.6 Å². The Morgan fingerprint density at radius 2 is 1.74 bits per heavy atom. The third-order valence-corrected chi connectivity index (χ3v) is 3.73. The van der Waals surface area contributed by atoms with Gasteiger partial charge in [-0.2, -0.15) is 0 Å². The summed E-state index contributed by atoms with van der Waals surface area (Å²) in [6.07, 6.45) is 1.25. The molecular formula is C17H18O2. The van der Waals surface area contributed by atoms with Crippen LogP contribution in [0.5, 0.6) is 0 Å². The van der Waals surface area contributed by atoms with Gasteiger partial charge < -0.3 is 9.84 Å². The average molecular weight is 254 g/mol. The summed E-state index contributed by atoms with van der Waals surface area (Å²) in [6, 6.07) is 18.2. The standard InChI is InChI=1S/C17H18O2/c18-17-15-9-5-4-8-14(15)10-11-16(17)19-12-13-6-2-1-3-7-13/h1-9,16-18H,10-12H2. The SMILES string of the molecule is OC1c2ccccc2CCC1OCc1ccccc1. The van der Waals surface area contributed by atoms with E-state index in [0.717, 1.165) is 24.0 Å². The van der Waals surface area contributed by atoms with Crippen LogP contribution in [-0.4, -0.2) is 11.2 Å². The summed E-state index contributed by atoms with van der Waals surface area (Å²) in [6.45, 7) is 0.560. The van der Waals surface area contributed by atoms with Crippen LogP contribution in [0.3, 0.4) is 0 Å². The van der Waals surface area contributed by atoms with Crippen molar-refractivity contribution in [2.45, 2.75) is 31.7 Å². The van der Waals surface area contributed by atoms with Crippen LogP contribution < -0.4 is 0 Å². The first kappa shape index (κ1) is 12.4. The monoisotopic (exact) mass is 254 g/mol. The highest BCUT2D eigenvalue weighted by atomic mass is 16.5. The molecule has 0 fully saturated rings. The molecule has 0 heterocycles. The van der Waals surface area contributed by atoms with Crippen molar-refractivity contribution in [2.75, 3.05) is 0 Å². The van der Waals surface area contributed by atoms with Crippen molar-refractivity contribution in [1.82, 2.24) is 0 Å². The van der Waals surface area contributed by atoms with Crippen LogP contribution in [0.25, 0.3) is 0 Å². The molecule has 2 aromatic rings. The fourth-order valence-electron chi connectivity index (χ4n) is 2.66. The molecule has 1 aliphatic carbocycles. The van der Waals surface area contributed by atoms with Gasteiger partial charge in [0, 0.05) is 0 Å². The molecule has 0 amide bonds. The smallest absolute Gasteiger partial charge is 0.105 e. The number of benzene rings is 2. The lowest BCUT2D eigenvalue weighted by atomic mass is 9.87. The molecule has 1 aliphatic rings. The zero-order valence-corrected chi connectivity index (χ0v) is 10.8. The van der Waals surface area contributed by atoms with Crippen LogP contribution in [0.4, 0.5) is 0 Å². The molecule has 0 spiro atoms. The Balaban J connectivity index is 1.68. The zero-order valence-electron chi connectivity index (χ0n) is 10.8. The molecule has 19 heavy (non-hydrogen) atoms. The largest absolute Gasteiger partial charge is 0.386 e. The van der Waals surface area contributed by atoms with E-state index in [1.54, 1.807) is 0 Å². The van der Waals surface area contributed by atoms with E-state index in [2.05, 4.69) is 6.07 Å². The molecular weight excluding hydrogens is 236 g/mol. The van der Waals surface area contributed by atoms with E-state index in [1.165, 1.54) is 5.56 Å². The number of fused-ring (bicyclic) bond motifs is 1. The highest BCUT2D eigenvalue weighted by Gasteiger charge is 2.28. The van der Waals surface area contributed by atoms with Gasteiger partial charge in [-0.3, -0.25) is 0 Å². The quantitative estimate of drug-likeness (QED) is 0.911. The second-order valence-electron chi connectivity index (χ2n) is 5.02. The Hall–Kier alpha value is -1.64. The molecule has 0 saturated carbocycles. The third kappa shape index (κ3) is 2.70. The second-order valence-corrected chi connectivity index (χ2v) is 5.02. The predicted octanol–water partition coefficient (Wildman–Crippen LogP) is 3.25. The highest BCUT2D eigenvalue weighted by Crippen LogP contribution is 2.31. The third-order valence-electron chi connectivity index (χ3n) is 3.73. The molecule has 2 nitrogen and oxygen atoms in total. The molecule has 98 valence electrons. The number of aliphatic hydroxyl groups is 1. The van der Waals surface area contributed by atoms with Gasteiger partial charge in [0.15, 0.2) is 0 Å². The van der Waals surface area contributed by atoms with E-state index >= 15 is 0 Å². The number of hydrogen-bond acceptors (Lipinski definition) is 2. The first-order valence-corrected chi connectivity index (χ1v) is 6.76. The van der Waals surface area contributed by atoms with E-state index < -0.39 is 6.10 Å². The van der Waals surface area contributed by atoms with Crippen molar-refractivity contribution < 1.29 is 9.84 Å². The Morgan fingerprint density at radius 1 is 1.00 bits per heavy atom. The fraction of sp³-hybridized carbons (Fsp3) is 0.294. The predicted molar refractivity (Wildman–Crippen MR) is 74.7 cm³/mol. The average Bonchev–Trinajstić information content (AvgIpc) is 2.48. The summed E-state index contributed by atoms with van der Waals surface area (Å²) in [5, 5.41) is 10.4. The van der Waals surface area contributed by atoms with Crippen LogP contribution in [0.2, 0.25) is 0 Å². The number of ether oxygens (including phenoxy) is 1. The second kappa shape index (κ2) is 5.55. The molecule has 1 N–H and O–H groups in total. The van der Waals surface area contributed by atoms with Gasteiger partial charge in [-0.1, -0.05) is 54.6 Å². The minimum atomic E-state index is -0.506. The number of aryl methyl sites for hydroxylation is 1. The summed E-state index contributed by atoms with van der Waals surface area (Å²) in [4.78, 5) is 0. The van der Waals surface area contributed by atoms with Crippen molar-refractivity contribution in [3.05, 3.63) is 71.3 Å². The molecule has 0 radical (unpaired) electrons. The molecule has 0 bridgehead atoms. The summed E-state index contributed by atoms with van der Waals surface area (Å²) in [5.41, 5.74) is 3.41. The lowest BCUT2D eigenvalue weighted by molar-refractivity contribution is -0.0564. The van der Waals surface area contributed by atoms with Crippen LogP contribution in [0.1, 0.15) is 29.2 Å². The van der Waals surface area contributed by atoms with Gasteiger partial charge in [0.2, 0.25) is 0 Å². The van der Waals surface area contributed by atoms with E-state index in [-0.39, 0.29) is 6.10 Å². The molecule has 2 atom stereocenters. The van der Waals surface area contributed by atoms with E-state index in [1.807, 2.05) is 48.5 Å². The van der Waals surface area contributed by atoms with Crippen LogP contribution in [-0.2, 0) is 17.8 Å². The molecule has 0 aliphatic heterocycles. The van der Waals surface area contributed by atoms with Gasteiger partial charge in [0.05, 0.1) is 12.7 Å². The topological polar surface area (TPSA) is 29.5 Å². The molecule has 2 aromatic carbocycles. The van der Waals surface area contributed by atoms with E-state index in [0.29, 0.717) is 6.61 Å². The summed E-state index contributed by atoms with van der Waals surface area (Å²) >= 11 is 0. The molecule has 3 rings (SSSR count). The normalized spacial score (nSPS) is 21.9. The van der Waals surface area contributed by atoms with Gasteiger partial charge in [0.25, 0.3) is 0 Å². The van der Waals surface area contributed by atoms with Crippen LogP contribution in [0, 0.1) is 0 Å². The Bertz CT molecular complexity index is 536. The zero-order chi connectivity index (χ0) is 13.1. The Kier molecular flexibility index (Phi) is 3.62. The van der Waals surface area contributed by atoms with Gasteiger partial charge in [0.1, 0.15) is 6.10 Å². The maximum absolute atomic E-state index is 10.4. The van der Waals surface area contributed by atoms with Gasteiger partial charge in [-0.05, 0) is 29.5 Å². The molecule has 2 unspecified atom stereocenters. The van der Waals surface area contributed by atoms with Crippen LogP contribution >= 0.6 is 0 Å². The Morgan fingerprint density at radius 3 is 2.58 bits per heavy atom. The summed E-state index contributed by atoms with van der Waals surface area (Å²) < 4.78 is 5.89. The molecule has 0 saturated heterocycles. The lowest BCUT2D eigenvalue weighted by Gasteiger charge is -2.30. The van der Waals surface area contributed by atoms with Gasteiger partial charge in [-0.25, -0.2) is 0 Å². The van der Waals surface area contributed by atoms with Crippen molar-refractivity contribution in [3.63, 3.8) is 0 Å². The number of rotatable bonds is 3. The first-order valence-electron chi connectivity index (χ1n) is 6.76. The summed E-state index contributed by atoms with van der Waals surface area (Å²) in [5.74, 6) is 0. The maximum Gasteiger partial charge on any atom is 0.105 e. The Labute approximate surface area is 113 Å². The molecule has 0 aromatic heterocycles. The highest BCUT2D eigenvalue weighted by molar-refractivity contribution is 5.32. The van der Waals surface area contributed by atoms with Crippen molar-refractivity contribution in [2.24, 2.45) is 0 Å². The van der Waals surface area contributed by atoms with Gasteiger partial charge in [-0.15, -0.1) is 0 Å². The summed E-state index contributed by atoms with van der Waals surface area (Å²) in [7, 11) is 0. The first-order chi connectivity index (χ1) is 9.34.